The van der Waals surface area contributed by atoms with Gasteiger partial charge in [0.05, 0.1) is 0 Å². The highest BCUT2D eigenvalue weighted by atomic mass is 31.2. The fourth-order valence-electron chi connectivity index (χ4n) is 0.0971. The Morgan fingerprint density at radius 3 is 1.64 bits per heavy atom. The summed E-state index contributed by atoms with van der Waals surface area (Å²) in [6.07, 6.45) is 2.16. The lowest BCUT2D eigenvalue weighted by atomic mass is 10.4. The third-order valence-corrected chi connectivity index (χ3v) is 1.44. The normalized spacial score (nSPS) is 9.82. The number of carbonyl (C=O) groups excluding carboxylic acids is 1. The molecule has 0 aliphatic rings. The Morgan fingerprint density at radius 1 is 1.27 bits per heavy atom. The summed E-state index contributed by atoms with van der Waals surface area (Å²) < 4.78 is 9.69. The minimum Gasteiger partial charge on any atom is -0.324 e. The molecule has 68 valence electrons. The van der Waals surface area contributed by atoms with Crippen molar-refractivity contribution in [2.45, 2.75) is 26.7 Å². The maximum absolute atomic E-state index is 9.69. The highest BCUT2D eigenvalue weighted by molar-refractivity contribution is 7.52. The van der Waals surface area contributed by atoms with Crippen LogP contribution in [0.3, 0.4) is 0 Å². The molecule has 0 bridgehead atoms. The van der Waals surface area contributed by atoms with E-state index >= 15 is 0 Å². The van der Waals surface area contributed by atoms with E-state index in [1.165, 1.54) is 12.8 Å². The number of unbranched alkanes of at least 4 members (excludes halogenated alkanes) is 1. The molecule has 0 amide bonds. The van der Waals surface area contributed by atoms with Crippen LogP contribution in [-0.4, -0.2) is 22.2 Å². The van der Waals surface area contributed by atoms with Gasteiger partial charge in [0.2, 0.25) is 0 Å². The molecule has 0 saturated heterocycles. The van der Waals surface area contributed by atoms with E-state index in [2.05, 4.69) is 13.8 Å². The number of rotatable bonds is 3. The van der Waals surface area contributed by atoms with Crippen molar-refractivity contribution in [2.24, 2.45) is 0 Å². The highest BCUT2D eigenvalue weighted by Crippen LogP contribution is 2.31. The first-order valence-electron chi connectivity index (χ1n) is 3.46. The van der Waals surface area contributed by atoms with Crippen molar-refractivity contribution < 1.29 is 19.1 Å². The fraction of sp³-hybridized carbons (Fsp3) is 0.833. The summed E-state index contributed by atoms with van der Waals surface area (Å²) in [6, 6.07) is 0. The summed E-state index contributed by atoms with van der Waals surface area (Å²) in [6.45, 7) is 4.36. The molecule has 0 unspecified atom stereocenters. The van der Waals surface area contributed by atoms with Gasteiger partial charge in [-0.25, -0.2) is 0 Å². The van der Waals surface area contributed by atoms with Gasteiger partial charge in [-0.3, -0.25) is 4.57 Å². The molecule has 0 saturated carbocycles. The van der Waals surface area contributed by atoms with Gasteiger partial charge in [-0.1, -0.05) is 26.7 Å². The predicted octanol–water partition coefficient (Wildman–Crippen LogP) is 1.17. The van der Waals surface area contributed by atoms with Crippen LogP contribution in [0.25, 0.3) is 0 Å². The lowest BCUT2D eigenvalue weighted by molar-refractivity contribution is -0.106. The Hall–Kier alpha value is -0.180. The van der Waals surface area contributed by atoms with Gasteiger partial charge in [0.1, 0.15) is 12.4 Å². The minimum atomic E-state index is -4.03. The first-order valence-corrected chi connectivity index (χ1v) is 5.25. The molecular weight excluding hydrogens is 167 g/mol. The van der Waals surface area contributed by atoms with E-state index in [1.807, 2.05) is 0 Å². The number of hydrogen-bond acceptors (Lipinski definition) is 2. The minimum absolute atomic E-state index is 0.195. The topological polar surface area (TPSA) is 74.6 Å². The Bertz CT molecular complexity index is 127. The Balaban J connectivity index is 0. The van der Waals surface area contributed by atoms with E-state index in [0.29, 0.717) is 0 Å². The molecule has 0 aliphatic heterocycles. The summed E-state index contributed by atoms with van der Waals surface area (Å²) in [7, 11) is -4.03. The average molecular weight is 182 g/mol. The summed E-state index contributed by atoms with van der Waals surface area (Å²) in [4.78, 5) is 25.1. The van der Waals surface area contributed by atoms with Crippen molar-refractivity contribution >= 4 is 13.9 Å². The van der Waals surface area contributed by atoms with Crippen molar-refractivity contribution in [1.82, 2.24) is 0 Å². The Labute approximate surface area is 66.8 Å². The van der Waals surface area contributed by atoms with Gasteiger partial charge >= 0.3 is 7.60 Å². The van der Waals surface area contributed by atoms with E-state index in [1.54, 1.807) is 0 Å². The smallest absolute Gasteiger partial charge is 0.324 e. The average Bonchev–Trinajstić information content (AvgIpc) is 1.86. The highest BCUT2D eigenvalue weighted by Gasteiger charge is 2.09. The van der Waals surface area contributed by atoms with Gasteiger partial charge in [-0.05, 0) is 0 Å². The van der Waals surface area contributed by atoms with Gasteiger partial charge in [-0.2, -0.15) is 0 Å². The SMILES string of the molecule is CCCC.O=CCP(=O)(O)O. The standard InChI is InChI=1S/C4H10.C2H5O4P/c1-3-4-2;3-1-2-7(4,5)6/h3-4H2,1-2H3;1H,2H2,(H2,4,5,6). The largest absolute Gasteiger partial charge is 0.332 e. The van der Waals surface area contributed by atoms with Gasteiger partial charge in [0.25, 0.3) is 0 Å². The molecule has 0 radical (unpaired) electrons. The second-order valence-corrected chi connectivity index (χ2v) is 3.71. The summed E-state index contributed by atoms with van der Waals surface area (Å²) in [5.41, 5.74) is 0. The van der Waals surface area contributed by atoms with E-state index < -0.39 is 13.8 Å². The summed E-state index contributed by atoms with van der Waals surface area (Å²) >= 11 is 0. The molecule has 0 aliphatic carbocycles. The zero-order chi connectivity index (χ0) is 9.33. The van der Waals surface area contributed by atoms with Crippen LogP contribution in [0.4, 0.5) is 0 Å². The van der Waals surface area contributed by atoms with Crippen molar-refractivity contribution in [1.29, 1.82) is 0 Å². The monoisotopic (exact) mass is 182 g/mol. The fourth-order valence-corrected chi connectivity index (χ4v) is 0.291. The van der Waals surface area contributed by atoms with Crippen LogP contribution >= 0.6 is 7.60 Å². The Kier molecular flexibility index (Phi) is 9.66. The maximum Gasteiger partial charge on any atom is 0.332 e. The molecule has 5 heteroatoms. The van der Waals surface area contributed by atoms with Crippen molar-refractivity contribution in [3.63, 3.8) is 0 Å². The van der Waals surface area contributed by atoms with E-state index in [0.717, 1.165) is 0 Å². The number of aldehydes is 1. The molecule has 0 atom stereocenters. The zero-order valence-corrected chi connectivity index (χ0v) is 7.75. The third-order valence-electron chi connectivity index (χ3n) is 0.812. The quantitative estimate of drug-likeness (QED) is 0.507. The van der Waals surface area contributed by atoms with Crippen molar-refractivity contribution in [3.05, 3.63) is 0 Å². The van der Waals surface area contributed by atoms with E-state index in [-0.39, 0.29) is 6.29 Å². The first-order chi connectivity index (χ1) is 4.97. The first kappa shape index (κ1) is 13.4. The molecule has 0 aromatic carbocycles. The molecule has 0 heterocycles. The van der Waals surface area contributed by atoms with Crippen LogP contribution in [0.2, 0.25) is 0 Å². The van der Waals surface area contributed by atoms with Gasteiger partial charge in [0.15, 0.2) is 0 Å². The van der Waals surface area contributed by atoms with Gasteiger partial charge in [0, 0.05) is 0 Å². The Morgan fingerprint density at radius 2 is 1.64 bits per heavy atom. The van der Waals surface area contributed by atoms with Crippen LogP contribution in [0.5, 0.6) is 0 Å². The molecule has 11 heavy (non-hydrogen) atoms. The van der Waals surface area contributed by atoms with E-state index in [4.69, 9.17) is 9.79 Å². The van der Waals surface area contributed by atoms with Crippen molar-refractivity contribution in [2.75, 3.05) is 6.16 Å². The van der Waals surface area contributed by atoms with Gasteiger partial charge in [-0.15, -0.1) is 0 Å². The number of hydrogen-bond donors (Lipinski definition) is 2. The maximum atomic E-state index is 9.69. The van der Waals surface area contributed by atoms with Crippen molar-refractivity contribution in [3.8, 4) is 0 Å². The van der Waals surface area contributed by atoms with Crippen LogP contribution in [-0.2, 0) is 9.36 Å². The zero-order valence-electron chi connectivity index (χ0n) is 6.86. The molecule has 0 aromatic heterocycles. The van der Waals surface area contributed by atoms with Gasteiger partial charge < -0.3 is 14.6 Å². The lowest BCUT2D eigenvalue weighted by Gasteiger charge is -1.92. The van der Waals surface area contributed by atoms with Crippen LogP contribution < -0.4 is 0 Å². The van der Waals surface area contributed by atoms with E-state index in [9.17, 15) is 9.36 Å². The molecular formula is C6H15O4P. The molecule has 0 rings (SSSR count). The van der Waals surface area contributed by atoms with Crippen LogP contribution in [0.1, 0.15) is 26.7 Å². The predicted molar refractivity (Wildman–Crippen MR) is 43.6 cm³/mol. The van der Waals surface area contributed by atoms with Crippen LogP contribution in [0, 0.1) is 0 Å². The molecule has 4 nitrogen and oxygen atoms in total. The second-order valence-electron chi connectivity index (χ2n) is 2.01. The summed E-state index contributed by atoms with van der Waals surface area (Å²) in [5.74, 6) is 0. The molecule has 0 aromatic rings. The third kappa shape index (κ3) is 25.8. The molecule has 0 fully saturated rings. The van der Waals surface area contributed by atoms with Crippen LogP contribution in [0.15, 0.2) is 0 Å². The second kappa shape index (κ2) is 7.92. The number of carbonyl (C=O) groups is 1. The molecule has 2 N–H and O–H groups in total. The lowest BCUT2D eigenvalue weighted by Crippen LogP contribution is -1.85. The summed E-state index contributed by atoms with van der Waals surface area (Å²) in [5, 5.41) is 0. The molecule has 0 spiro atoms.